The SMILES string of the molecule is CO[Si](Cc1cc(C)cc(-c2nc3ccccc3s2)c1SSc1c(C[Si](OC)(OC)OC)cc(C)cc1-c1nc2ccccc2s1)(OC)OC. The zero-order valence-electron chi connectivity index (χ0n) is 29.3. The molecule has 50 heavy (non-hydrogen) atoms. The van der Waals surface area contributed by atoms with Crippen LogP contribution in [0.15, 0.2) is 82.6 Å². The highest BCUT2D eigenvalue weighted by atomic mass is 33.1. The van der Waals surface area contributed by atoms with Gasteiger partial charge >= 0.3 is 17.6 Å². The highest BCUT2D eigenvalue weighted by Gasteiger charge is 2.41. The van der Waals surface area contributed by atoms with Gasteiger partial charge in [-0.25, -0.2) is 9.97 Å². The lowest BCUT2D eigenvalue weighted by atomic mass is 10.1. The van der Waals surface area contributed by atoms with Gasteiger partial charge in [-0.05, 0) is 61.4 Å². The van der Waals surface area contributed by atoms with E-state index in [0.717, 1.165) is 73.6 Å². The summed E-state index contributed by atoms with van der Waals surface area (Å²) in [5.41, 5.74) is 8.50. The van der Waals surface area contributed by atoms with Crippen LogP contribution in [0.5, 0.6) is 0 Å². The van der Waals surface area contributed by atoms with Crippen LogP contribution in [0.2, 0.25) is 0 Å². The quantitative estimate of drug-likeness (QED) is 0.0743. The lowest BCUT2D eigenvalue weighted by Gasteiger charge is -2.27. The Kier molecular flexibility index (Phi) is 12.0. The molecule has 14 heteroatoms. The van der Waals surface area contributed by atoms with Gasteiger partial charge in [-0.15, -0.1) is 22.7 Å². The third-order valence-corrected chi connectivity index (χ3v) is 18.7. The van der Waals surface area contributed by atoms with Crippen molar-refractivity contribution in [3.8, 4) is 21.1 Å². The summed E-state index contributed by atoms with van der Waals surface area (Å²) in [6, 6.07) is 26.4. The molecule has 0 N–H and O–H groups in total. The van der Waals surface area contributed by atoms with E-state index in [2.05, 4.69) is 74.5 Å². The van der Waals surface area contributed by atoms with Crippen LogP contribution < -0.4 is 0 Å². The smallest absolute Gasteiger partial charge is 0.377 e. The molecule has 0 unspecified atom stereocenters. The molecule has 4 aromatic carbocycles. The molecule has 0 atom stereocenters. The van der Waals surface area contributed by atoms with Crippen molar-refractivity contribution in [1.82, 2.24) is 9.97 Å². The average molecular weight is 781 g/mol. The van der Waals surface area contributed by atoms with Crippen molar-refractivity contribution in [2.45, 2.75) is 35.7 Å². The summed E-state index contributed by atoms with van der Waals surface area (Å²) < 4.78 is 37.9. The maximum Gasteiger partial charge on any atom is 0.504 e. The van der Waals surface area contributed by atoms with Crippen molar-refractivity contribution in [2.24, 2.45) is 0 Å². The van der Waals surface area contributed by atoms with Gasteiger partial charge in [0.05, 0.1) is 20.4 Å². The summed E-state index contributed by atoms with van der Waals surface area (Å²) in [5.74, 6) is 0. The summed E-state index contributed by atoms with van der Waals surface area (Å²) in [4.78, 5) is 12.4. The van der Waals surface area contributed by atoms with E-state index >= 15 is 0 Å². The number of nitrogens with zero attached hydrogens (tertiary/aromatic N) is 2. The molecule has 0 bridgehead atoms. The van der Waals surface area contributed by atoms with Crippen LogP contribution in [0, 0.1) is 13.8 Å². The third kappa shape index (κ3) is 7.67. The fourth-order valence-corrected chi connectivity index (χ4v) is 14.5. The third-order valence-electron chi connectivity index (χ3n) is 8.56. The van der Waals surface area contributed by atoms with Crippen molar-refractivity contribution in [2.75, 3.05) is 42.7 Å². The standard InChI is InChI=1S/C36H40N2O6S4Si2/c1-23-17-25(21-49(39-3,40-4)41-5)33(27(19-23)35-37-29-13-9-11-15-31(29)45-35)47-48-34-26(22-50(42-6,43-7)44-8)18-24(2)20-28(34)36-38-30-14-10-12-16-32(30)46-36/h9-20H,21-22H2,1-8H3. The molecule has 6 aromatic rings. The van der Waals surface area contributed by atoms with Crippen LogP contribution in [0.25, 0.3) is 41.6 Å². The minimum absolute atomic E-state index is 0.498. The molecule has 0 saturated heterocycles. The van der Waals surface area contributed by atoms with Crippen LogP contribution in [-0.4, -0.2) is 70.2 Å². The summed E-state index contributed by atoms with van der Waals surface area (Å²) in [6.45, 7) is 4.23. The molecule has 0 saturated carbocycles. The molecule has 0 amide bonds. The molecule has 0 spiro atoms. The van der Waals surface area contributed by atoms with E-state index in [1.807, 2.05) is 12.1 Å². The molecule has 2 aromatic heterocycles. The first-order chi connectivity index (χ1) is 24.2. The van der Waals surface area contributed by atoms with Gasteiger partial charge in [-0.2, -0.15) is 0 Å². The molecular weight excluding hydrogens is 741 g/mol. The number of fused-ring (bicyclic) bond motifs is 2. The number of rotatable bonds is 15. The Hall–Kier alpha value is -2.45. The first kappa shape index (κ1) is 37.3. The van der Waals surface area contributed by atoms with Crippen molar-refractivity contribution in [3.63, 3.8) is 0 Å². The van der Waals surface area contributed by atoms with Gasteiger partial charge in [0.15, 0.2) is 0 Å². The van der Waals surface area contributed by atoms with Crippen molar-refractivity contribution in [3.05, 3.63) is 95.1 Å². The molecule has 6 rings (SSSR count). The van der Waals surface area contributed by atoms with Crippen LogP contribution >= 0.6 is 44.3 Å². The van der Waals surface area contributed by atoms with Gasteiger partial charge in [-0.3, -0.25) is 0 Å². The average Bonchev–Trinajstić information content (AvgIpc) is 3.77. The molecule has 8 nitrogen and oxygen atoms in total. The number of thiazole rings is 2. The van der Waals surface area contributed by atoms with E-state index in [9.17, 15) is 0 Å². The van der Waals surface area contributed by atoms with Gasteiger partial charge in [-0.1, -0.05) is 69.1 Å². The van der Waals surface area contributed by atoms with Gasteiger partial charge in [0.1, 0.15) is 10.0 Å². The zero-order valence-corrected chi connectivity index (χ0v) is 34.6. The van der Waals surface area contributed by atoms with Crippen molar-refractivity contribution < 1.29 is 26.6 Å². The lowest BCUT2D eigenvalue weighted by molar-refractivity contribution is 0.122. The highest BCUT2D eigenvalue weighted by molar-refractivity contribution is 8.76. The van der Waals surface area contributed by atoms with Crippen LogP contribution in [0.4, 0.5) is 0 Å². The number of hydrogen-bond donors (Lipinski definition) is 0. The summed E-state index contributed by atoms with van der Waals surface area (Å²) in [5, 5.41) is 1.91. The van der Waals surface area contributed by atoms with Crippen LogP contribution in [0.1, 0.15) is 22.3 Å². The first-order valence-electron chi connectivity index (χ1n) is 15.8. The number of aryl methyl sites for hydroxylation is 2. The van der Waals surface area contributed by atoms with E-state index in [-0.39, 0.29) is 0 Å². The second-order valence-corrected chi connectivity index (χ2v) is 21.8. The topological polar surface area (TPSA) is 81.2 Å². The van der Waals surface area contributed by atoms with Gasteiger partial charge in [0.2, 0.25) is 0 Å². The van der Waals surface area contributed by atoms with E-state index in [1.54, 1.807) is 86.9 Å². The maximum atomic E-state index is 5.94. The normalized spacial score (nSPS) is 12.4. The zero-order chi connectivity index (χ0) is 35.5. The summed E-state index contributed by atoms with van der Waals surface area (Å²) >= 11 is 3.39. The Morgan fingerprint density at radius 2 is 0.900 bits per heavy atom. The Balaban J connectivity index is 1.53. The van der Waals surface area contributed by atoms with E-state index in [0.29, 0.717) is 12.1 Å². The Morgan fingerprint density at radius 1 is 0.540 bits per heavy atom. The molecular formula is C36H40N2O6S4Si2. The van der Waals surface area contributed by atoms with Crippen LogP contribution in [-0.2, 0) is 38.6 Å². The van der Waals surface area contributed by atoms with E-state index in [4.69, 9.17) is 36.5 Å². The second kappa shape index (κ2) is 16.1. The fourth-order valence-electron chi connectivity index (χ4n) is 5.93. The Morgan fingerprint density at radius 3 is 1.24 bits per heavy atom. The molecule has 2 heterocycles. The maximum absolute atomic E-state index is 5.94. The predicted molar refractivity (Wildman–Crippen MR) is 212 cm³/mol. The molecule has 262 valence electrons. The molecule has 0 aliphatic heterocycles. The highest BCUT2D eigenvalue weighted by Crippen LogP contribution is 2.51. The number of hydrogen-bond acceptors (Lipinski definition) is 12. The minimum Gasteiger partial charge on any atom is -0.377 e. The monoisotopic (exact) mass is 780 g/mol. The lowest BCUT2D eigenvalue weighted by Crippen LogP contribution is -2.45. The van der Waals surface area contributed by atoms with Crippen LogP contribution in [0.3, 0.4) is 0 Å². The number of benzene rings is 4. The van der Waals surface area contributed by atoms with Crippen molar-refractivity contribution >= 4 is 82.3 Å². The first-order valence-corrected chi connectivity index (χ1v) is 23.5. The predicted octanol–water partition coefficient (Wildman–Crippen LogP) is 9.58. The second-order valence-electron chi connectivity index (χ2n) is 11.7. The summed E-state index contributed by atoms with van der Waals surface area (Å²) in [6.07, 6.45) is 0. The minimum atomic E-state index is -3.02. The Bertz CT molecular complexity index is 1880. The Labute approximate surface area is 311 Å². The number of para-hydroxylation sites is 2. The molecule has 0 fully saturated rings. The van der Waals surface area contributed by atoms with Gasteiger partial charge in [0, 0.05) is 75.7 Å². The molecule has 0 radical (unpaired) electrons. The largest absolute Gasteiger partial charge is 0.504 e. The van der Waals surface area contributed by atoms with Crippen molar-refractivity contribution in [1.29, 1.82) is 0 Å². The molecule has 0 aliphatic rings. The van der Waals surface area contributed by atoms with E-state index < -0.39 is 17.6 Å². The summed E-state index contributed by atoms with van der Waals surface area (Å²) in [7, 11) is 7.33. The van der Waals surface area contributed by atoms with Gasteiger partial charge < -0.3 is 26.6 Å². The van der Waals surface area contributed by atoms with E-state index in [1.165, 1.54) is 0 Å². The number of aromatic nitrogens is 2. The fraction of sp³-hybridized carbons (Fsp3) is 0.278. The van der Waals surface area contributed by atoms with Gasteiger partial charge in [0.25, 0.3) is 0 Å². The molecule has 0 aliphatic carbocycles.